The fourth-order valence-electron chi connectivity index (χ4n) is 1.18. The first-order valence-electron chi connectivity index (χ1n) is 5.03. The van der Waals surface area contributed by atoms with E-state index in [0.717, 1.165) is 11.1 Å². The van der Waals surface area contributed by atoms with E-state index in [1.54, 1.807) is 12.1 Å². The second kappa shape index (κ2) is 7.69. The predicted octanol–water partition coefficient (Wildman–Crippen LogP) is 4.36. The second-order valence-corrected chi connectivity index (χ2v) is 3.85. The van der Waals surface area contributed by atoms with Crippen LogP contribution in [0, 0.1) is 6.92 Å². The molecule has 1 rings (SSSR count). The summed E-state index contributed by atoms with van der Waals surface area (Å²) in [5.74, 6) is -0.365. The van der Waals surface area contributed by atoms with Crippen LogP contribution in [0.1, 0.15) is 35.3 Å². The lowest BCUT2D eigenvalue weighted by molar-refractivity contribution is 0.0600. The summed E-state index contributed by atoms with van der Waals surface area (Å²) in [5.41, 5.74) is 2.47. The molecular weight excluding hydrogens is 291 g/mol. The average Bonchev–Trinajstić information content (AvgIpc) is 2.30. The molecule has 16 heavy (non-hydrogen) atoms. The molecule has 4 heteroatoms. The van der Waals surface area contributed by atoms with Gasteiger partial charge in [0.2, 0.25) is 0 Å². The average molecular weight is 308 g/mol. The van der Waals surface area contributed by atoms with Gasteiger partial charge in [-0.25, -0.2) is 4.79 Å². The maximum Gasteiger partial charge on any atom is 0.337 e. The normalized spacial score (nSPS) is 9.12. The molecule has 0 atom stereocenters. The van der Waals surface area contributed by atoms with Gasteiger partial charge in [-0.1, -0.05) is 41.4 Å². The van der Waals surface area contributed by atoms with Crippen LogP contribution in [0.4, 0.5) is 0 Å². The first kappa shape index (κ1) is 15.5. The van der Waals surface area contributed by atoms with Crippen molar-refractivity contribution < 1.29 is 9.53 Å². The maximum atomic E-state index is 11.2. The van der Waals surface area contributed by atoms with Gasteiger partial charge in [0.25, 0.3) is 0 Å². The highest BCUT2D eigenvalue weighted by Crippen LogP contribution is 2.24. The summed E-state index contributed by atoms with van der Waals surface area (Å²) in [6.45, 7) is 5.91. The molecule has 0 amide bonds. The van der Waals surface area contributed by atoms with E-state index in [0.29, 0.717) is 15.9 Å². The Hall–Kier alpha value is -0.540. The lowest BCUT2D eigenvalue weighted by atomic mass is 10.1. The van der Waals surface area contributed by atoms with Crippen LogP contribution in [0.2, 0.25) is 5.02 Å². The zero-order valence-corrected chi connectivity index (χ0v) is 12.3. The van der Waals surface area contributed by atoms with Crippen LogP contribution in [0.3, 0.4) is 0 Å². The third-order valence-electron chi connectivity index (χ3n) is 1.97. The summed E-state index contributed by atoms with van der Waals surface area (Å²) in [6.07, 6.45) is 0. The van der Waals surface area contributed by atoms with Crippen LogP contribution in [-0.2, 0) is 10.1 Å². The van der Waals surface area contributed by atoms with Gasteiger partial charge in [0, 0.05) is 10.4 Å². The van der Waals surface area contributed by atoms with Crippen LogP contribution in [0.15, 0.2) is 12.1 Å². The number of esters is 1. The number of aryl methyl sites for hydroxylation is 1. The van der Waals surface area contributed by atoms with Crippen molar-refractivity contribution in [3.63, 3.8) is 0 Å². The van der Waals surface area contributed by atoms with Crippen molar-refractivity contribution in [2.75, 3.05) is 7.11 Å². The highest BCUT2D eigenvalue weighted by atomic mass is 79.9. The Morgan fingerprint density at radius 3 is 2.38 bits per heavy atom. The quantitative estimate of drug-likeness (QED) is 0.599. The van der Waals surface area contributed by atoms with Crippen LogP contribution >= 0.6 is 27.5 Å². The lowest BCUT2D eigenvalue weighted by Crippen LogP contribution is -2.02. The molecule has 0 saturated carbocycles. The highest BCUT2D eigenvalue weighted by Gasteiger charge is 2.10. The highest BCUT2D eigenvalue weighted by molar-refractivity contribution is 9.08. The van der Waals surface area contributed by atoms with E-state index < -0.39 is 0 Å². The molecule has 0 unspecified atom stereocenters. The van der Waals surface area contributed by atoms with E-state index in [1.807, 2.05) is 20.8 Å². The first-order chi connectivity index (χ1) is 7.60. The molecular formula is C12H16BrClO2. The predicted molar refractivity (Wildman–Crippen MR) is 71.5 cm³/mol. The summed E-state index contributed by atoms with van der Waals surface area (Å²) in [7, 11) is 1.35. The van der Waals surface area contributed by atoms with Crippen molar-refractivity contribution in [1.29, 1.82) is 0 Å². The Bertz CT molecular complexity index is 341. The molecule has 90 valence electrons. The van der Waals surface area contributed by atoms with Gasteiger partial charge in [0.1, 0.15) is 0 Å². The molecule has 0 bridgehead atoms. The van der Waals surface area contributed by atoms with Crippen molar-refractivity contribution in [2.24, 2.45) is 0 Å². The Balaban J connectivity index is 0.00000106. The van der Waals surface area contributed by atoms with E-state index in [2.05, 4.69) is 20.7 Å². The molecule has 0 heterocycles. The van der Waals surface area contributed by atoms with Gasteiger partial charge in [-0.15, -0.1) is 0 Å². The zero-order chi connectivity index (χ0) is 12.7. The number of hydrogen-bond acceptors (Lipinski definition) is 2. The molecule has 0 fully saturated rings. The van der Waals surface area contributed by atoms with Gasteiger partial charge < -0.3 is 4.74 Å². The first-order valence-corrected chi connectivity index (χ1v) is 6.53. The van der Waals surface area contributed by atoms with Crippen molar-refractivity contribution in [3.8, 4) is 0 Å². The van der Waals surface area contributed by atoms with Gasteiger partial charge in [0.05, 0.1) is 12.7 Å². The number of benzene rings is 1. The molecule has 0 aliphatic carbocycles. The summed E-state index contributed by atoms with van der Waals surface area (Å²) in [6, 6.07) is 3.39. The maximum absolute atomic E-state index is 11.2. The lowest BCUT2D eigenvalue weighted by Gasteiger charge is -2.07. The number of ether oxygens (including phenoxy) is 1. The zero-order valence-electron chi connectivity index (χ0n) is 9.93. The minimum atomic E-state index is -0.365. The van der Waals surface area contributed by atoms with Gasteiger partial charge in [-0.3, -0.25) is 0 Å². The number of carbonyl (C=O) groups excluding carboxylic acids is 1. The molecule has 0 aromatic heterocycles. The molecule has 1 aromatic carbocycles. The molecule has 0 aliphatic rings. The Morgan fingerprint density at radius 1 is 1.44 bits per heavy atom. The molecule has 0 saturated heterocycles. The Kier molecular flexibility index (Phi) is 7.43. The minimum Gasteiger partial charge on any atom is -0.465 e. The van der Waals surface area contributed by atoms with Gasteiger partial charge in [0.15, 0.2) is 0 Å². The number of methoxy groups -OCH3 is 1. The number of hydrogen-bond donors (Lipinski definition) is 0. The fraction of sp³-hybridized carbons (Fsp3) is 0.417. The summed E-state index contributed by atoms with van der Waals surface area (Å²) in [5, 5.41) is 1.27. The van der Waals surface area contributed by atoms with Crippen molar-refractivity contribution in [3.05, 3.63) is 33.8 Å². The number of alkyl halides is 1. The van der Waals surface area contributed by atoms with E-state index in [9.17, 15) is 4.79 Å². The minimum absolute atomic E-state index is 0.365. The van der Waals surface area contributed by atoms with Crippen LogP contribution in [0.25, 0.3) is 0 Å². The second-order valence-electron chi connectivity index (χ2n) is 2.88. The largest absolute Gasteiger partial charge is 0.465 e. The van der Waals surface area contributed by atoms with E-state index in [1.165, 1.54) is 7.11 Å². The molecule has 0 aliphatic heterocycles. The van der Waals surface area contributed by atoms with Crippen molar-refractivity contribution >= 4 is 33.5 Å². The summed E-state index contributed by atoms with van der Waals surface area (Å²) >= 11 is 9.34. The molecule has 0 spiro atoms. The summed E-state index contributed by atoms with van der Waals surface area (Å²) in [4.78, 5) is 11.2. The van der Waals surface area contributed by atoms with Gasteiger partial charge >= 0.3 is 5.97 Å². The molecule has 0 N–H and O–H groups in total. The Labute approximate surface area is 110 Å². The molecule has 2 nitrogen and oxygen atoms in total. The smallest absolute Gasteiger partial charge is 0.337 e. The van der Waals surface area contributed by atoms with E-state index in [4.69, 9.17) is 11.6 Å². The third kappa shape index (κ3) is 3.80. The number of carbonyl (C=O) groups is 1. The van der Waals surface area contributed by atoms with Crippen LogP contribution in [-0.4, -0.2) is 13.1 Å². The van der Waals surface area contributed by atoms with Gasteiger partial charge in [-0.2, -0.15) is 0 Å². The van der Waals surface area contributed by atoms with E-state index in [-0.39, 0.29) is 5.97 Å². The monoisotopic (exact) mass is 306 g/mol. The fourth-order valence-corrected chi connectivity index (χ4v) is 2.42. The van der Waals surface area contributed by atoms with E-state index >= 15 is 0 Å². The SMILES string of the molecule is CC.COC(=O)c1cc(C)c(CBr)c(Cl)c1. The number of rotatable bonds is 2. The summed E-state index contributed by atoms with van der Waals surface area (Å²) < 4.78 is 4.61. The van der Waals surface area contributed by atoms with Crippen molar-refractivity contribution in [2.45, 2.75) is 26.1 Å². The van der Waals surface area contributed by atoms with Gasteiger partial charge in [-0.05, 0) is 30.2 Å². The third-order valence-corrected chi connectivity index (χ3v) is 2.87. The topological polar surface area (TPSA) is 26.3 Å². The van der Waals surface area contributed by atoms with Crippen molar-refractivity contribution in [1.82, 2.24) is 0 Å². The molecule has 0 radical (unpaired) electrons. The Morgan fingerprint density at radius 2 is 2.00 bits per heavy atom. The van der Waals surface area contributed by atoms with Crippen LogP contribution in [0.5, 0.6) is 0 Å². The standard InChI is InChI=1S/C10H10BrClO2.C2H6/c1-6-3-7(10(13)14-2)4-9(12)8(6)5-11;1-2/h3-4H,5H2,1-2H3;1-2H3. The van der Waals surface area contributed by atoms with Crippen LogP contribution < -0.4 is 0 Å². The molecule has 1 aromatic rings. The number of halogens is 2.